The van der Waals surface area contributed by atoms with Crippen molar-refractivity contribution >= 4 is 23.2 Å². The van der Waals surface area contributed by atoms with E-state index in [9.17, 15) is 9.59 Å². The first kappa shape index (κ1) is 19.6. The van der Waals surface area contributed by atoms with Gasteiger partial charge in [-0.1, -0.05) is 19.9 Å². The number of rotatable bonds is 11. The Balaban J connectivity index is 2.57. The molecule has 0 fully saturated rings. The van der Waals surface area contributed by atoms with E-state index < -0.39 is 0 Å². The van der Waals surface area contributed by atoms with Crippen molar-refractivity contribution in [1.29, 1.82) is 0 Å². The maximum atomic E-state index is 12.6. The molecule has 1 aromatic heterocycles. The number of ether oxygens (including phenoxy) is 1. The van der Waals surface area contributed by atoms with Crippen molar-refractivity contribution in [2.45, 2.75) is 33.6 Å². The van der Waals surface area contributed by atoms with Crippen molar-refractivity contribution in [1.82, 2.24) is 9.80 Å². The summed E-state index contributed by atoms with van der Waals surface area (Å²) < 4.78 is 4.96. The number of carbonyl (C=O) groups excluding carboxylic acids is 2. The van der Waals surface area contributed by atoms with Crippen molar-refractivity contribution in [2.75, 3.05) is 39.3 Å². The molecule has 0 saturated carbocycles. The van der Waals surface area contributed by atoms with E-state index in [-0.39, 0.29) is 18.3 Å². The van der Waals surface area contributed by atoms with Crippen LogP contribution in [0.3, 0.4) is 0 Å². The van der Waals surface area contributed by atoms with Crippen molar-refractivity contribution in [3.8, 4) is 0 Å². The number of esters is 1. The maximum absolute atomic E-state index is 12.6. The minimum atomic E-state index is -0.250. The highest BCUT2D eigenvalue weighted by Crippen LogP contribution is 2.13. The Morgan fingerprint density at radius 2 is 1.87 bits per heavy atom. The van der Waals surface area contributed by atoms with Gasteiger partial charge in [-0.05, 0) is 44.4 Å². The van der Waals surface area contributed by atoms with Gasteiger partial charge < -0.3 is 14.5 Å². The molecule has 0 radical (unpaired) electrons. The van der Waals surface area contributed by atoms with Crippen LogP contribution in [-0.4, -0.2) is 61.0 Å². The van der Waals surface area contributed by atoms with E-state index in [1.807, 2.05) is 17.5 Å². The molecule has 0 N–H and O–H groups in total. The largest absolute Gasteiger partial charge is 0.466 e. The van der Waals surface area contributed by atoms with Crippen LogP contribution in [0.1, 0.15) is 43.3 Å². The van der Waals surface area contributed by atoms with E-state index >= 15 is 0 Å². The van der Waals surface area contributed by atoms with E-state index in [0.717, 1.165) is 30.9 Å². The van der Waals surface area contributed by atoms with Crippen molar-refractivity contribution in [3.63, 3.8) is 0 Å². The lowest BCUT2D eigenvalue weighted by Gasteiger charge is -2.24. The highest BCUT2D eigenvalue weighted by molar-refractivity contribution is 7.12. The summed E-state index contributed by atoms with van der Waals surface area (Å²) in [5.74, 6) is -0.246. The first-order valence-electron chi connectivity index (χ1n) is 8.33. The van der Waals surface area contributed by atoms with Gasteiger partial charge in [0.25, 0.3) is 5.91 Å². The molecule has 1 amide bonds. The number of hydrogen-bond donors (Lipinski definition) is 0. The summed E-state index contributed by atoms with van der Waals surface area (Å²) in [6.07, 6.45) is 1.15. The number of amides is 1. The zero-order valence-corrected chi connectivity index (χ0v) is 15.2. The molecule has 0 saturated heterocycles. The summed E-state index contributed by atoms with van der Waals surface area (Å²) >= 11 is 1.43. The third-order valence-electron chi connectivity index (χ3n) is 3.71. The molecule has 23 heavy (non-hydrogen) atoms. The lowest BCUT2D eigenvalue weighted by Crippen LogP contribution is -2.35. The van der Waals surface area contributed by atoms with Crippen LogP contribution in [0.25, 0.3) is 0 Å². The summed E-state index contributed by atoms with van der Waals surface area (Å²) in [6.45, 7) is 10.5. The molecule has 0 aliphatic heterocycles. The molecule has 0 bridgehead atoms. The highest BCUT2D eigenvalue weighted by atomic mass is 32.1. The van der Waals surface area contributed by atoms with Crippen LogP contribution < -0.4 is 0 Å². The first-order chi connectivity index (χ1) is 11.1. The molecule has 0 spiro atoms. The minimum absolute atomic E-state index is 0.00356. The zero-order valence-electron chi connectivity index (χ0n) is 14.4. The van der Waals surface area contributed by atoms with Gasteiger partial charge in [-0.15, -0.1) is 11.3 Å². The lowest BCUT2D eigenvalue weighted by atomic mass is 10.3. The SMILES string of the molecule is CCOC(=O)CCN(CCCN(CC)CC)C(=O)c1cccs1. The van der Waals surface area contributed by atoms with Crippen LogP contribution in [0.15, 0.2) is 17.5 Å². The number of hydrogen-bond acceptors (Lipinski definition) is 5. The second-order valence-electron chi connectivity index (χ2n) is 5.20. The number of thiophene rings is 1. The van der Waals surface area contributed by atoms with Crippen LogP contribution in [0.4, 0.5) is 0 Å². The number of nitrogens with zero attached hydrogens (tertiary/aromatic N) is 2. The normalized spacial score (nSPS) is 10.8. The topological polar surface area (TPSA) is 49.9 Å². The van der Waals surface area contributed by atoms with E-state index in [1.54, 1.807) is 11.8 Å². The second-order valence-corrected chi connectivity index (χ2v) is 6.15. The van der Waals surface area contributed by atoms with E-state index in [0.29, 0.717) is 19.7 Å². The highest BCUT2D eigenvalue weighted by Gasteiger charge is 2.18. The Morgan fingerprint density at radius 3 is 2.43 bits per heavy atom. The quantitative estimate of drug-likeness (QED) is 0.581. The molecule has 5 nitrogen and oxygen atoms in total. The summed E-state index contributed by atoms with van der Waals surface area (Å²) in [5.41, 5.74) is 0. The van der Waals surface area contributed by atoms with E-state index in [2.05, 4.69) is 18.7 Å². The molecule has 0 atom stereocenters. The van der Waals surface area contributed by atoms with Gasteiger partial charge >= 0.3 is 5.97 Å². The molecule has 6 heteroatoms. The van der Waals surface area contributed by atoms with Crippen LogP contribution in [0, 0.1) is 0 Å². The fraction of sp³-hybridized carbons (Fsp3) is 0.647. The Bertz CT molecular complexity index is 458. The Labute approximate surface area is 143 Å². The fourth-order valence-corrected chi connectivity index (χ4v) is 3.05. The molecular formula is C17H28N2O3S. The molecule has 0 aromatic carbocycles. The van der Waals surface area contributed by atoms with Gasteiger partial charge in [0, 0.05) is 13.1 Å². The van der Waals surface area contributed by atoms with Gasteiger partial charge in [0.1, 0.15) is 0 Å². The second kappa shape index (κ2) is 11.2. The third kappa shape index (κ3) is 7.14. The third-order valence-corrected chi connectivity index (χ3v) is 4.56. The van der Waals surface area contributed by atoms with E-state index in [4.69, 9.17) is 4.74 Å². The summed E-state index contributed by atoms with van der Waals surface area (Å²) in [6, 6.07) is 3.70. The predicted molar refractivity (Wildman–Crippen MR) is 93.9 cm³/mol. The average molecular weight is 340 g/mol. The molecule has 130 valence electrons. The van der Waals surface area contributed by atoms with Gasteiger partial charge in [-0.25, -0.2) is 0 Å². The molecule has 1 rings (SSSR count). The summed E-state index contributed by atoms with van der Waals surface area (Å²) in [7, 11) is 0. The van der Waals surface area contributed by atoms with Crippen LogP contribution in [0.2, 0.25) is 0 Å². The Hall–Kier alpha value is -1.40. The van der Waals surface area contributed by atoms with Gasteiger partial charge in [0.2, 0.25) is 0 Å². The first-order valence-corrected chi connectivity index (χ1v) is 9.21. The van der Waals surface area contributed by atoms with Gasteiger partial charge in [-0.2, -0.15) is 0 Å². The van der Waals surface area contributed by atoms with Crippen molar-refractivity contribution in [3.05, 3.63) is 22.4 Å². The zero-order chi connectivity index (χ0) is 17.1. The molecule has 0 aliphatic rings. The minimum Gasteiger partial charge on any atom is -0.466 e. The van der Waals surface area contributed by atoms with Gasteiger partial charge in [0.05, 0.1) is 17.9 Å². The Morgan fingerprint density at radius 1 is 1.13 bits per heavy atom. The standard InChI is InChI=1S/C17H28N2O3S/c1-4-18(5-2)11-8-12-19(13-10-16(20)22-6-3)17(21)15-9-7-14-23-15/h7,9,14H,4-6,8,10-13H2,1-3H3. The summed E-state index contributed by atoms with van der Waals surface area (Å²) in [4.78, 5) is 28.9. The smallest absolute Gasteiger partial charge is 0.307 e. The molecule has 1 heterocycles. The van der Waals surface area contributed by atoms with Crippen molar-refractivity contribution < 1.29 is 14.3 Å². The monoisotopic (exact) mass is 340 g/mol. The fourth-order valence-electron chi connectivity index (χ4n) is 2.36. The maximum Gasteiger partial charge on any atom is 0.307 e. The van der Waals surface area contributed by atoms with Gasteiger partial charge in [-0.3, -0.25) is 9.59 Å². The average Bonchev–Trinajstić information content (AvgIpc) is 3.08. The molecule has 0 unspecified atom stereocenters. The van der Waals surface area contributed by atoms with Crippen molar-refractivity contribution in [2.24, 2.45) is 0 Å². The van der Waals surface area contributed by atoms with E-state index in [1.165, 1.54) is 11.3 Å². The molecule has 1 aromatic rings. The van der Waals surface area contributed by atoms with Gasteiger partial charge in [0.15, 0.2) is 0 Å². The Kier molecular flexibility index (Phi) is 9.55. The van der Waals surface area contributed by atoms with Crippen LogP contribution >= 0.6 is 11.3 Å². The van der Waals surface area contributed by atoms with Crippen LogP contribution in [-0.2, 0) is 9.53 Å². The van der Waals surface area contributed by atoms with Crippen LogP contribution in [0.5, 0.6) is 0 Å². The predicted octanol–water partition coefficient (Wildman–Crippen LogP) is 2.88. The molecular weight excluding hydrogens is 312 g/mol. The molecule has 0 aliphatic carbocycles. The lowest BCUT2D eigenvalue weighted by molar-refractivity contribution is -0.143. The number of carbonyl (C=O) groups is 2. The summed E-state index contributed by atoms with van der Waals surface area (Å²) in [5, 5.41) is 1.90.